The first-order valence-electron chi connectivity index (χ1n) is 23.8. The summed E-state index contributed by atoms with van der Waals surface area (Å²) in [5, 5.41) is 18.4. The number of aliphatic hydroxyl groups is 2. The Hall–Kier alpha value is -1.06. The van der Waals surface area contributed by atoms with Crippen LogP contribution in [0.25, 0.3) is 0 Å². The topological polar surface area (TPSA) is 132 Å². The summed E-state index contributed by atoms with van der Waals surface area (Å²) in [6.07, 6.45) is 47.2. The van der Waals surface area contributed by atoms with Crippen LogP contribution in [0, 0.1) is 0 Å². The fourth-order valence-corrected chi connectivity index (χ4v) is 7.54. The van der Waals surface area contributed by atoms with Gasteiger partial charge in [0.25, 0.3) is 0 Å². The van der Waals surface area contributed by atoms with Crippen molar-refractivity contribution >= 4 is 13.8 Å². The average Bonchev–Trinajstić information content (AvgIpc) is 3.20. The largest absolute Gasteiger partial charge is 0.472 e. The lowest BCUT2D eigenvalue weighted by Gasteiger charge is -2.20. The van der Waals surface area contributed by atoms with Crippen LogP contribution in [0.1, 0.15) is 226 Å². The molecule has 0 heterocycles. The number of carbonyl (C=O) groups is 1. The third-order valence-electron chi connectivity index (χ3n) is 10.4. The Labute approximate surface area is 351 Å². The van der Waals surface area contributed by atoms with Crippen LogP contribution in [0.2, 0.25) is 0 Å². The average molecular weight is 831 g/mol. The van der Waals surface area contributed by atoms with Crippen molar-refractivity contribution in [2.45, 2.75) is 238 Å². The molecule has 3 atom stereocenters. The second-order valence-corrected chi connectivity index (χ2v) is 17.6. The highest BCUT2D eigenvalue weighted by Gasteiger charge is 2.26. The number of hydrogen-bond donors (Lipinski definition) is 3. The minimum Gasteiger partial charge on any atom is -0.457 e. The fourth-order valence-electron chi connectivity index (χ4n) is 6.75. The number of aliphatic hydroxyl groups excluding tert-OH is 2. The van der Waals surface area contributed by atoms with Crippen LogP contribution in [0.4, 0.5) is 0 Å². The molecule has 0 aliphatic rings. The number of allylic oxidation sites excluding steroid dienone is 4. The summed E-state index contributed by atoms with van der Waals surface area (Å²) in [7, 11) is -4.52. The van der Waals surface area contributed by atoms with Crippen molar-refractivity contribution in [3.05, 3.63) is 24.3 Å². The summed E-state index contributed by atoms with van der Waals surface area (Å²) in [5.74, 6) is -0.382. The Balaban J connectivity index is 4.05. The van der Waals surface area contributed by atoms with Gasteiger partial charge in [-0.2, -0.15) is 0 Å². The zero-order valence-electron chi connectivity index (χ0n) is 37.1. The number of carbonyl (C=O) groups excluding carboxylic acids is 1. The molecule has 0 aliphatic heterocycles. The SMILES string of the molecule is CCC/C=C\C/C=C\CCCCCCCCOCC(COP(=O)(O)OCC(O)CO)OC(=O)CCCCCCCCCCCCCCCCCCCCCCCC. The van der Waals surface area contributed by atoms with Crippen LogP contribution in [-0.2, 0) is 27.9 Å². The summed E-state index contributed by atoms with van der Waals surface area (Å²) < 4.78 is 33.4. The lowest BCUT2D eigenvalue weighted by atomic mass is 10.0. The minimum absolute atomic E-state index is 0.0460. The van der Waals surface area contributed by atoms with Crippen molar-refractivity contribution in [1.82, 2.24) is 0 Å². The van der Waals surface area contributed by atoms with Crippen LogP contribution < -0.4 is 0 Å². The smallest absolute Gasteiger partial charge is 0.457 e. The highest BCUT2D eigenvalue weighted by molar-refractivity contribution is 7.47. The number of esters is 1. The summed E-state index contributed by atoms with van der Waals surface area (Å²) in [5.41, 5.74) is 0. The van der Waals surface area contributed by atoms with Crippen LogP contribution >= 0.6 is 7.82 Å². The Kier molecular flexibility index (Phi) is 43.7. The molecule has 10 heteroatoms. The fraction of sp³-hybridized carbons (Fsp3) is 0.894. The minimum atomic E-state index is -4.52. The maximum atomic E-state index is 12.6. The lowest BCUT2D eigenvalue weighted by Crippen LogP contribution is -2.29. The predicted molar refractivity (Wildman–Crippen MR) is 238 cm³/mol. The number of hydrogen-bond acceptors (Lipinski definition) is 8. The lowest BCUT2D eigenvalue weighted by molar-refractivity contribution is -0.154. The van der Waals surface area contributed by atoms with Gasteiger partial charge in [-0.25, -0.2) is 4.57 Å². The molecule has 0 rings (SSSR count). The van der Waals surface area contributed by atoms with Gasteiger partial charge in [-0.3, -0.25) is 13.8 Å². The van der Waals surface area contributed by atoms with E-state index in [0.29, 0.717) is 6.61 Å². The normalized spacial score (nSPS) is 14.1. The van der Waals surface area contributed by atoms with Crippen LogP contribution in [0.3, 0.4) is 0 Å². The summed E-state index contributed by atoms with van der Waals surface area (Å²) in [4.78, 5) is 22.6. The maximum Gasteiger partial charge on any atom is 0.472 e. The van der Waals surface area contributed by atoms with Crippen molar-refractivity contribution in [2.75, 3.05) is 33.0 Å². The van der Waals surface area contributed by atoms with Gasteiger partial charge in [0.2, 0.25) is 0 Å². The molecule has 0 spiro atoms. The molecule has 9 nitrogen and oxygen atoms in total. The van der Waals surface area contributed by atoms with Crippen molar-refractivity contribution in [3.63, 3.8) is 0 Å². The first-order chi connectivity index (χ1) is 27.8. The van der Waals surface area contributed by atoms with Crippen LogP contribution in [0.5, 0.6) is 0 Å². The van der Waals surface area contributed by atoms with Gasteiger partial charge in [0.05, 0.1) is 26.4 Å². The third kappa shape index (κ3) is 44.3. The molecule has 0 aromatic rings. The molecular weight excluding hydrogens is 739 g/mol. The second kappa shape index (κ2) is 44.5. The molecule has 3 unspecified atom stereocenters. The van der Waals surface area contributed by atoms with Gasteiger partial charge in [0.1, 0.15) is 12.2 Å². The van der Waals surface area contributed by atoms with Gasteiger partial charge in [-0.05, 0) is 38.5 Å². The quantitative estimate of drug-likeness (QED) is 0.0237. The second-order valence-electron chi connectivity index (χ2n) is 16.1. The van der Waals surface area contributed by atoms with Crippen molar-refractivity contribution < 1.29 is 43.0 Å². The summed E-state index contributed by atoms with van der Waals surface area (Å²) in [6.45, 7) is 3.47. The number of phosphoric acid groups is 1. The van der Waals surface area contributed by atoms with Gasteiger partial charge in [0, 0.05) is 13.0 Å². The van der Waals surface area contributed by atoms with Gasteiger partial charge < -0.3 is 24.6 Å². The van der Waals surface area contributed by atoms with E-state index < -0.39 is 33.2 Å². The molecule has 0 saturated heterocycles. The monoisotopic (exact) mass is 831 g/mol. The van der Waals surface area contributed by atoms with E-state index >= 15 is 0 Å². The van der Waals surface area contributed by atoms with E-state index in [1.807, 2.05) is 0 Å². The molecule has 3 N–H and O–H groups in total. The Morgan fingerprint density at radius 3 is 1.47 bits per heavy atom. The molecule has 0 radical (unpaired) electrons. The standard InChI is InChI=1S/C47H91O9P/c1-3-5-7-9-11-13-15-17-19-20-21-22-23-24-25-26-27-29-31-33-35-37-39-47(50)56-46(44-55-57(51,52)54-42-45(49)41-48)43-53-40-38-36-34-32-30-28-18-16-14-12-10-8-6-4-2/h8,10,14,16,45-46,48-49H,3-7,9,11-13,15,17-44H2,1-2H3,(H,51,52)/b10-8-,16-14-. The first-order valence-corrected chi connectivity index (χ1v) is 25.3. The molecule has 0 saturated carbocycles. The third-order valence-corrected chi connectivity index (χ3v) is 11.3. The van der Waals surface area contributed by atoms with Gasteiger partial charge in [-0.15, -0.1) is 0 Å². The molecule has 0 amide bonds. The zero-order valence-corrected chi connectivity index (χ0v) is 38.0. The molecule has 0 fully saturated rings. The van der Waals surface area contributed by atoms with E-state index in [1.165, 1.54) is 148 Å². The highest BCUT2D eigenvalue weighted by atomic mass is 31.2. The van der Waals surface area contributed by atoms with E-state index in [0.717, 1.165) is 57.8 Å². The number of phosphoric ester groups is 1. The molecule has 0 aromatic carbocycles. The first kappa shape index (κ1) is 55.9. The molecular formula is C47H91O9P. The molecule has 0 aliphatic carbocycles. The molecule has 57 heavy (non-hydrogen) atoms. The van der Waals surface area contributed by atoms with E-state index in [-0.39, 0.29) is 25.6 Å². The Bertz CT molecular complexity index is 944. The number of unbranched alkanes of at least 4 members (excludes halogenated alkanes) is 28. The van der Waals surface area contributed by atoms with Crippen molar-refractivity contribution in [3.8, 4) is 0 Å². The van der Waals surface area contributed by atoms with Gasteiger partial charge >= 0.3 is 13.8 Å². The predicted octanol–water partition coefficient (Wildman–Crippen LogP) is 13.4. The van der Waals surface area contributed by atoms with E-state index in [1.54, 1.807) is 0 Å². The summed E-state index contributed by atoms with van der Waals surface area (Å²) in [6, 6.07) is 0. The Morgan fingerprint density at radius 2 is 0.982 bits per heavy atom. The van der Waals surface area contributed by atoms with Crippen LogP contribution in [0.15, 0.2) is 24.3 Å². The molecule has 0 aromatic heterocycles. The number of ether oxygens (including phenoxy) is 2. The van der Waals surface area contributed by atoms with Gasteiger partial charge in [-0.1, -0.05) is 205 Å². The van der Waals surface area contributed by atoms with Crippen molar-refractivity contribution in [1.29, 1.82) is 0 Å². The maximum absolute atomic E-state index is 12.6. The summed E-state index contributed by atoms with van der Waals surface area (Å²) >= 11 is 0. The van der Waals surface area contributed by atoms with E-state index in [9.17, 15) is 19.4 Å². The zero-order chi connectivity index (χ0) is 41.8. The highest BCUT2D eigenvalue weighted by Crippen LogP contribution is 2.43. The Morgan fingerprint density at radius 1 is 0.544 bits per heavy atom. The molecule has 0 bridgehead atoms. The van der Waals surface area contributed by atoms with E-state index in [4.69, 9.17) is 23.6 Å². The van der Waals surface area contributed by atoms with Crippen molar-refractivity contribution in [2.24, 2.45) is 0 Å². The molecule has 338 valence electrons. The van der Waals surface area contributed by atoms with E-state index in [2.05, 4.69) is 38.2 Å². The van der Waals surface area contributed by atoms with Crippen LogP contribution in [-0.4, -0.2) is 66.3 Å². The van der Waals surface area contributed by atoms with Gasteiger partial charge in [0.15, 0.2) is 0 Å². The number of rotatable bonds is 46.